The largest absolute Gasteiger partial charge is 0.573 e. The number of amides is 1. The van der Waals surface area contributed by atoms with Crippen molar-refractivity contribution in [3.05, 3.63) is 54.1 Å². The van der Waals surface area contributed by atoms with Crippen molar-refractivity contribution in [2.75, 3.05) is 50.1 Å². The molecule has 0 bridgehead atoms. The fourth-order valence-corrected chi connectivity index (χ4v) is 3.58. The molecule has 3 rings (SSSR count). The highest BCUT2D eigenvalue weighted by atomic mass is 19.4. The Balaban J connectivity index is 1.62. The Morgan fingerprint density at radius 1 is 1.00 bits per heavy atom. The molecule has 3 aromatic rings. The van der Waals surface area contributed by atoms with Crippen molar-refractivity contribution in [3.8, 4) is 11.5 Å². The molecular formula is C26H31F3N4O3. The number of anilines is 2. The molecule has 0 saturated heterocycles. The Morgan fingerprint density at radius 3 is 2.33 bits per heavy atom. The van der Waals surface area contributed by atoms with Crippen molar-refractivity contribution in [2.24, 2.45) is 0 Å². The smallest absolute Gasteiger partial charge is 0.484 e. The summed E-state index contributed by atoms with van der Waals surface area (Å²) in [6.07, 6.45) is -4.77. The number of carbonyl (C=O) groups is 1. The summed E-state index contributed by atoms with van der Waals surface area (Å²) in [5, 5.41) is 3.71. The van der Waals surface area contributed by atoms with Crippen LogP contribution >= 0.6 is 0 Å². The van der Waals surface area contributed by atoms with Gasteiger partial charge in [-0.25, -0.2) is 4.98 Å². The maximum absolute atomic E-state index is 12.4. The van der Waals surface area contributed by atoms with Gasteiger partial charge in [0.1, 0.15) is 17.3 Å². The summed E-state index contributed by atoms with van der Waals surface area (Å²) in [5.41, 5.74) is 2.48. The van der Waals surface area contributed by atoms with Gasteiger partial charge in [-0.05, 0) is 81.5 Å². The Morgan fingerprint density at radius 2 is 1.69 bits per heavy atom. The van der Waals surface area contributed by atoms with Crippen LogP contribution in [-0.4, -0.2) is 62.0 Å². The molecule has 0 aliphatic heterocycles. The molecule has 0 aliphatic carbocycles. The fraction of sp³-hybridized carbons (Fsp3) is 0.385. The van der Waals surface area contributed by atoms with Crippen LogP contribution in [0.2, 0.25) is 0 Å². The summed E-state index contributed by atoms with van der Waals surface area (Å²) in [4.78, 5) is 21.7. The Hall–Kier alpha value is -3.53. The van der Waals surface area contributed by atoms with E-state index in [9.17, 15) is 18.0 Å². The second-order valence-corrected chi connectivity index (χ2v) is 8.36. The van der Waals surface area contributed by atoms with Gasteiger partial charge in [-0.15, -0.1) is 13.2 Å². The molecule has 0 atom stereocenters. The monoisotopic (exact) mass is 504 g/mol. The molecule has 10 heteroatoms. The quantitative estimate of drug-likeness (QED) is 0.385. The van der Waals surface area contributed by atoms with Gasteiger partial charge in [-0.2, -0.15) is 0 Å². The van der Waals surface area contributed by atoms with Crippen LogP contribution in [0.1, 0.15) is 19.4 Å². The number of likely N-dealkylation sites (N-methyl/N-ethyl adjacent to an activating group) is 2. The summed E-state index contributed by atoms with van der Waals surface area (Å²) in [6, 6.07) is 12.4. The molecule has 0 spiro atoms. The third-order valence-electron chi connectivity index (χ3n) is 5.71. The van der Waals surface area contributed by atoms with E-state index in [0.29, 0.717) is 5.69 Å². The van der Waals surface area contributed by atoms with Gasteiger partial charge < -0.3 is 24.6 Å². The summed E-state index contributed by atoms with van der Waals surface area (Å²) in [6.45, 7) is 9.62. The van der Waals surface area contributed by atoms with Crippen LogP contribution in [0, 0.1) is 6.92 Å². The number of halogens is 3. The zero-order valence-corrected chi connectivity index (χ0v) is 20.9. The van der Waals surface area contributed by atoms with E-state index in [1.54, 1.807) is 6.07 Å². The molecule has 0 aliphatic rings. The number of hydrogen-bond donors (Lipinski definition) is 1. The van der Waals surface area contributed by atoms with E-state index < -0.39 is 12.3 Å². The van der Waals surface area contributed by atoms with E-state index in [0.717, 1.165) is 60.6 Å². The lowest BCUT2D eigenvalue weighted by Gasteiger charge is -2.25. The van der Waals surface area contributed by atoms with Crippen LogP contribution in [0.25, 0.3) is 10.9 Å². The number of ether oxygens (including phenoxy) is 2. The Kier molecular flexibility index (Phi) is 8.98. The molecule has 194 valence electrons. The second kappa shape index (κ2) is 11.9. The maximum Gasteiger partial charge on any atom is 0.573 e. The minimum Gasteiger partial charge on any atom is -0.484 e. The summed E-state index contributed by atoms with van der Waals surface area (Å²) >= 11 is 0. The first-order chi connectivity index (χ1) is 17.1. The van der Waals surface area contributed by atoms with Crippen LogP contribution < -0.4 is 19.7 Å². The summed E-state index contributed by atoms with van der Waals surface area (Å²) in [5.74, 6) is 0.405. The number of nitrogens with one attached hydrogen (secondary N) is 1. The predicted molar refractivity (Wildman–Crippen MR) is 135 cm³/mol. The van der Waals surface area contributed by atoms with Gasteiger partial charge in [0.2, 0.25) is 0 Å². The Labute approximate surface area is 208 Å². The highest BCUT2D eigenvalue weighted by molar-refractivity contribution is 5.95. The average molecular weight is 505 g/mol. The van der Waals surface area contributed by atoms with Gasteiger partial charge in [-0.3, -0.25) is 4.79 Å². The number of aromatic nitrogens is 1. The van der Waals surface area contributed by atoms with Crippen LogP contribution in [-0.2, 0) is 4.79 Å². The van der Waals surface area contributed by atoms with Gasteiger partial charge in [0.05, 0.1) is 5.52 Å². The Bertz CT molecular complexity index is 1170. The van der Waals surface area contributed by atoms with E-state index in [1.807, 2.05) is 19.1 Å². The molecule has 1 amide bonds. The van der Waals surface area contributed by atoms with Crippen LogP contribution in [0.5, 0.6) is 11.5 Å². The van der Waals surface area contributed by atoms with E-state index in [1.165, 1.54) is 12.1 Å². The second-order valence-electron chi connectivity index (χ2n) is 8.36. The number of aryl methyl sites for hydroxylation is 1. The zero-order valence-electron chi connectivity index (χ0n) is 20.9. The first-order valence-corrected chi connectivity index (χ1v) is 11.7. The van der Waals surface area contributed by atoms with Crippen molar-refractivity contribution < 1.29 is 27.4 Å². The number of benzene rings is 2. The standard InChI is InChI=1S/C26H31F3N4O3/c1-5-32(4)13-14-33(6-2)24-15-18(3)22-16-19(7-12-23(22)31-24)30-25(34)17-35-20-8-10-21(11-9-20)36-26(27,28)29/h7-12,15-16H,5-6,13-14,17H2,1-4H3,(H,30,34). The molecule has 1 heterocycles. The minimum absolute atomic E-state index is 0.247. The fourth-order valence-electron chi connectivity index (χ4n) is 3.58. The third kappa shape index (κ3) is 7.74. The molecule has 2 aromatic carbocycles. The number of fused-ring (bicyclic) bond motifs is 1. The molecule has 1 N–H and O–H groups in total. The molecular weight excluding hydrogens is 473 g/mol. The van der Waals surface area contributed by atoms with Crippen LogP contribution in [0.15, 0.2) is 48.5 Å². The molecule has 36 heavy (non-hydrogen) atoms. The highest BCUT2D eigenvalue weighted by Gasteiger charge is 2.31. The van der Waals surface area contributed by atoms with Gasteiger partial charge in [0.15, 0.2) is 6.61 Å². The number of hydrogen-bond acceptors (Lipinski definition) is 6. The lowest BCUT2D eigenvalue weighted by molar-refractivity contribution is -0.274. The zero-order chi connectivity index (χ0) is 26.3. The molecule has 0 saturated carbocycles. The number of carbonyl (C=O) groups excluding carboxylic acids is 1. The highest BCUT2D eigenvalue weighted by Crippen LogP contribution is 2.26. The number of rotatable bonds is 11. The average Bonchev–Trinajstić information content (AvgIpc) is 2.83. The first-order valence-electron chi connectivity index (χ1n) is 11.7. The predicted octanol–water partition coefficient (Wildman–Crippen LogP) is 5.24. The normalized spacial score (nSPS) is 11.6. The first kappa shape index (κ1) is 27.1. The van der Waals surface area contributed by atoms with E-state index in [-0.39, 0.29) is 18.1 Å². The van der Waals surface area contributed by atoms with Gasteiger partial charge in [0.25, 0.3) is 5.91 Å². The van der Waals surface area contributed by atoms with Crippen molar-refractivity contribution in [2.45, 2.75) is 27.1 Å². The minimum atomic E-state index is -4.77. The van der Waals surface area contributed by atoms with Crippen molar-refractivity contribution in [3.63, 3.8) is 0 Å². The van der Waals surface area contributed by atoms with Gasteiger partial charge in [-0.1, -0.05) is 6.92 Å². The van der Waals surface area contributed by atoms with Gasteiger partial charge in [0, 0.05) is 30.7 Å². The van der Waals surface area contributed by atoms with Crippen LogP contribution in [0.4, 0.5) is 24.7 Å². The lowest BCUT2D eigenvalue weighted by Crippen LogP contribution is -2.33. The molecule has 0 fully saturated rings. The van der Waals surface area contributed by atoms with E-state index in [4.69, 9.17) is 9.72 Å². The SMILES string of the molecule is CCN(C)CCN(CC)c1cc(C)c2cc(NC(=O)COc3ccc(OC(F)(F)F)cc3)ccc2n1. The van der Waals surface area contributed by atoms with E-state index >= 15 is 0 Å². The molecule has 0 radical (unpaired) electrons. The number of alkyl halides is 3. The summed E-state index contributed by atoms with van der Waals surface area (Å²) < 4.78 is 45.9. The van der Waals surface area contributed by atoms with Gasteiger partial charge >= 0.3 is 6.36 Å². The maximum atomic E-state index is 12.4. The summed E-state index contributed by atoms with van der Waals surface area (Å²) in [7, 11) is 2.09. The molecule has 7 nitrogen and oxygen atoms in total. The molecule has 1 aromatic heterocycles. The van der Waals surface area contributed by atoms with Crippen LogP contribution in [0.3, 0.4) is 0 Å². The van der Waals surface area contributed by atoms with Crippen molar-refractivity contribution >= 4 is 28.3 Å². The third-order valence-corrected chi connectivity index (χ3v) is 5.71. The van der Waals surface area contributed by atoms with E-state index in [2.05, 4.69) is 46.8 Å². The molecule has 0 unspecified atom stereocenters. The number of pyridine rings is 1. The number of nitrogens with zero attached hydrogens (tertiary/aromatic N) is 3. The van der Waals surface area contributed by atoms with Crippen molar-refractivity contribution in [1.82, 2.24) is 9.88 Å². The topological polar surface area (TPSA) is 66.9 Å². The van der Waals surface area contributed by atoms with Crippen molar-refractivity contribution in [1.29, 1.82) is 0 Å². The lowest BCUT2D eigenvalue weighted by atomic mass is 10.1.